The van der Waals surface area contributed by atoms with E-state index in [1.165, 1.54) is 0 Å². The Balaban J connectivity index is 2.86. The van der Waals surface area contributed by atoms with Gasteiger partial charge in [-0.15, -0.1) is 0 Å². The molecule has 1 aromatic carbocycles. The molecule has 1 aromatic heterocycles. The lowest BCUT2D eigenvalue weighted by Crippen LogP contribution is -1.70. The van der Waals surface area contributed by atoms with Gasteiger partial charge >= 0.3 is 0 Å². The van der Waals surface area contributed by atoms with E-state index in [1.54, 1.807) is 0 Å². The molecule has 0 spiro atoms. The minimum absolute atomic E-state index is 0.806. The lowest BCUT2D eigenvalue weighted by Gasteiger charge is -1.84. The van der Waals surface area contributed by atoms with Crippen LogP contribution in [0.2, 0.25) is 0 Å². The predicted molar refractivity (Wildman–Crippen MR) is 44.5 cm³/mol. The van der Waals surface area contributed by atoms with Gasteiger partial charge in [0.25, 0.3) is 0 Å². The summed E-state index contributed by atoms with van der Waals surface area (Å²) in [4.78, 5) is 0. The van der Waals surface area contributed by atoms with E-state index >= 15 is 0 Å². The van der Waals surface area contributed by atoms with Crippen molar-refractivity contribution in [3.63, 3.8) is 0 Å². The van der Waals surface area contributed by atoms with Crippen LogP contribution in [0.4, 0.5) is 0 Å². The summed E-state index contributed by atoms with van der Waals surface area (Å²) < 4.78 is 5.66. The Morgan fingerprint density at radius 2 is 2.00 bits per heavy atom. The maximum absolute atomic E-state index is 4.52. The Labute approximate surface area is 70.5 Å². The molecular weight excluding hydrogens is 243 g/mol. The smallest absolute Gasteiger partial charge is 0.136 e. The van der Waals surface area contributed by atoms with Crippen molar-refractivity contribution in [1.29, 1.82) is 0 Å². The van der Waals surface area contributed by atoms with Crippen molar-refractivity contribution in [3.05, 3.63) is 21.8 Å². The van der Waals surface area contributed by atoms with Gasteiger partial charge in [-0.1, -0.05) is 0 Å². The van der Waals surface area contributed by atoms with Gasteiger partial charge in [-0.05, 0) is 51.1 Å². The van der Waals surface area contributed by atoms with Crippen LogP contribution in [0.3, 0.4) is 0 Å². The molecule has 0 unspecified atom stereocenters. The quantitative estimate of drug-likeness (QED) is 0.665. The monoisotopic (exact) mass is 246 g/mol. The van der Waals surface area contributed by atoms with Gasteiger partial charge in [0.15, 0.2) is 0 Å². The highest BCUT2D eigenvalue weighted by Crippen LogP contribution is 2.12. The Bertz CT molecular complexity index is 357. The summed E-state index contributed by atoms with van der Waals surface area (Å²) in [6, 6.07) is 5.77. The van der Waals surface area contributed by atoms with Gasteiger partial charge in [0.1, 0.15) is 11.0 Å². The molecule has 10 heavy (non-hydrogen) atoms. The van der Waals surface area contributed by atoms with Crippen LogP contribution in [0.25, 0.3) is 11.0 Å². The summed E-state index contributed by atoms with van der Waals surface area (Å²) in [7, 11) is 0. The van der Waals surface area contributed by atoms with E-state index < -0.39 is 0 Å². The van der Waals surface area contributed by atoms with Gasteiger partial charge in [0.2, 0.25) is 0 Å². The molecule has 0 amide bonds. The third-order valence-electron chi connectivity index (χ3n) is 1.22. The first-order valence-corrected chi connectivity index (χ1v) is 3.82. The van der Waals surface area contributed by atoms with Crippen LogP contribution in [-0.4, -0.2) is 10.3 Å². The third-order valence-corrected chi connectivity index (χ3v) is 1.89. The van der Waals surface area contributed by atoms with Crippen molar-refractivity contribution >= 4 is 33.6 Å². The molecular formula is C6H3IN2O. The maximum atomic E-state index is 4.52. The van der Waals surface area contributed by atoms with Gasteiger partial charge in [-0.2, -0.15) is 0 Å². The Morgan fingerprint density at radius 3 is 2.90 bits per heavy atom. The maximum Gasteiger partial charge on any atom is 0.136 e. The highest BCUT2D eigenvalue weighted by molar-refractivity contribution is 14.1. The molecule has 0 saturated heterocycles. The molecule has 2 aromatic rings. The molecule has 0 aliphatic carbocycles. The molecule has 3 nitrogen and oxygen atoms in total. The summed E-state index contributed by atoms with van der Waals surface area (Å²) in [5.74, 6) is 0. The van der Waals surface area contributed by atoms with E-state index in [0.29, 0.717) is 0 Å². The second-order valence-electron chi connectivity index (χ2n) is 1.90. The molecule has 0 aliphatic rings. The van der Waals surface area contributed by atoms with Gasteiger partial charge in [0.05, 0.1) is 0 Å². The van der Waals surface area contributed by atoms with Gasteiger partial charge in [-0.25, -0.2) is 4.63 Å². The normalized spacial score (nSPS) is 10.5. The molecule has 2 rings (SSSR count). The lowest BCUT2D eigenvalue weighted by molar-refractivity contribution is 0.315. The number of hydrogen-bond acceptors (Lipinski definition) is 3. The Kier molecular flexibility index (Phi) is 1.33. The SMILES string of the molecule is Ic1ccc2nonc2c1. The lowest BCUT2D eigenvalue weighted by atomic mass is 10.3. The van der Waals surface area contributed by atoms with Crippen LogP contribution >= 0.6 is 22.6 Å². The topological polar surface area (TPSA) is 38.9 Å². The van der Waals surface area contributed by atoms with Crippen molar-refractivity contribution in [3.8, 4) is 0 Å². The highest BCUT2D eigenvalue weighted by Gasteiger charge is 1.97. The zero-order valence-electron chi connectivity index (χ0n) is 4.91. The number of nitrogens with zero attached hydrogens (tertiary/aromatic N) is 2. The highest BCUT2D eigenvalue weighted by atomic mass is 127. The van der Waals surface area contributed by atoms with Crippen LogP contribution in [0.15, 0.2) is 22.8 Å². The summed E-state index contributed by atoms with van der Waals surface area (Å²) in [5, 5.41) is 7.36. The van der Waals surface area contributed by atoms with Crippen LogP contribution in [0.5, 0.6) is 0 Å². The van der Waals surface area contributed by atoms with Crippen LogP contribution in [-0.2, 0) is 0 Å². The first kappa shape index (κ1) is 6.09. The molecule has 50 valence electrons. The Hall–Kier alpha value is -0.650. The fourth-order valence-electron chi connectivity index (χ4n) is 0.755. The molecule has 0 atom stereocenters. The summed E-state index contributed by atoms with van der Waals surface area (Å²) in [6.07, 6.45) is 0. The van der Waals surface area contributed by atoms with Crippen molar-refractivity contribution in [2.45, 2.75) is 0 Å². The average molecular weight is 246 g/mol. The summed E-state index contributed by atoms with van der Waals surface area (Å²) in [5.41, 5.74) is 1.62. The number of halogens is 1. The van der Waals surface area contributed by atoms with Gasteiger partial charge < -0.3 is 0 Å². The third kappa shape index (κ3) is 0.880. The number of fused-ring (bicyclic) bond motifs is 1. The van der Waals surface area contributed by atoms with Crippen molar-refractivity contribution < 1.29 is 4.63 Å². The van der Waals surface area contributed by atoms with E-state index in [0.717, 1.165) is 14.6 Å². The van der Waals surface area contributed by atoms with E-state index in [1.807, 2.05) is 18.2 Å². The molecule has 0 bridgehead atoms. The largest absolute Gasteiger partial charge is 0.243 e. The number of benzene rings is 1. The Morgan fingerprint density at radius 1 is 1.20 bits per heavy atom. The fourth-order valence-corrected chi connectivity index (χ4v) is 1.23. The summed E-state index contributed by atoms with van der Waals surface area (Å²) >= 11 is 2.22. The van der Waals surface area contributed by atoms with E-state index in [2.05, 4.69) is 37.5 Å². The second kappa shape index (κ2) is 2.19. The number of rotatable bonds is 0. The standard InChI is InChI=1S/C6H3IN2O/c7-4-1-2-5-6(3-4)9-10-8-5/h1-3H. The van der Waals surface area contributed by atoms with Gasteiger partial charge in [-0.3, -0.25) is 0 Å². The van der Waals surface area contributed by atoms with E-state index in [4.69, 9.17) is 0 Å². The summed E-state index contributed by atoms with van der Waals surface area (Å²) in [6.45, 7) is 0. The van der Waals surface area contributed by atoms with Crippen LogP contribution in [0.1, 0.15) is 0 Å². The molecule has 0 aliphatic heterocycles. The molecule has 0 N–H and O–H groups in total. The van der Waals surface area contributed by atoms with Crippen molar-refractivity contribution in [1.82, 2.24) is 10.3 Å². The minimum Gasteiger partial charge on any atom is -0.243 e. The van der Waals surface area contributed by atoms with Crippen LogP contribution in [0, 0.1) is 3.57 Å². The first-order chi connectivity index (χ1) is 4.86. The predicted octanol–water partition coefficient (Wildman–Crippen LogP) is 1.83. The first-order valence-electron chi connectivity index (χ1n) is 2.74. The zero-order valence-corrected chi connectivity index (χ0v) is 7.07. The fraction of sp³-hybridized carbons (Fsp3) is 0. The minimum atomic E-state index is 0.806. The zero-order chi connectivity index (χ0) is 6.97. The molecule has 4 heteroatoms. The molecule has 0 saturated carbocycles. The van der Waals surface area contributed by atoms with E-state index in [-0.39, 0.29) is 0 Å². The van der Waals surface area contributed by atoms with Crippen molar-refractivity contribution in [2.24, 2.45) is 0 Å². The number of aromatic nitrogens is 2. The van der Waals surface area contributed by atoms with Crippen molar-refractivity contribution in [2.75, 3.05) is 0 Å². The van der Waals surface area contributed by atoms with E-state index in [9.17, 15) is 0 Å². The molecule has 1 heterocycles. The molecule has 0 radical (unpaired) electrons. The molecule has 0 fully saturated rings. The second-order valence-corrected chi connectivity index (χ2v) is 3.14. The van der Waals surface area contributed by atoms with Gasteiger partial charge in [0, 0.05) is 3.57 Å². The van der Waals surface area contributed by atoms with Crippen LogP contribution < -0.4 is 0 Å². The number of hydrogen-bond donors (Lipinski definition) is 0. The average Bonchev–Trinajstić information content (AvgIpc) is 2.33.